The van der Waals surface area contributed by atoms with E-state index in [1.54, 1.807) is 6.07 Å². The molecule has 5 nitrogen and oxygen atoms in total. The average molecular weight is 321 g/mol. The summed E-state index contributed by atoms with van der Waals surface area (Å²) < 4.78 is 5.26. The lowest BCUT2D eigenvalue weighted by Crippen LogP contribution is -2.51. The molecule has 2 heterocycles. The van der Waals surface area contributed by atoms with E-state index in [0.717, 1.165) is 31.7 Å². The van der Waals surface area contributed by atoms with Crippen LogP contribution in [0.15, 0.2) is 54.6 Å². The van der Waals surface area contributed by atoms with Crippen molar-refractivity contribution in [1.29, 1.82) is 5.41 Å². The Hall–Kier alpha value is -2.66. The summed E-state index contributed by atoms with van der Waals surface area (Å²) in [5, 5.41) is 8.20. The lowest BCUT2D eigenvalue weighted by Gasteiger charge is -2.41. The number of para-hydroxylation sites is 2. The minimum Gasteiger partial charge on any atom is -0.422 e. The Balaban J connectivity index is 1.55. The Morgan fingerprint density at radius 3 is 2.33 bits per heavy atom. The van der Waals surface area contributed by atoms with Gasteiger partial charge >= 0.3 is 5.97 Å². The number of hydrogen-bond acceptors (Lipinski definition) is 5. The minimum atomic E-state index is -0.538. The monoisotopic (exact) mass is 321 g/mol. The van der Waals surface area contributed by atoms with Crippen LogP contribution < -0.4 is 9.64 Å². The fourth-order valence-corrected chi connectivity index (χ4v) is 3.48. The molecule has 1 atom stereocenters. The third kappa shape index (κ3) is 2.57. The molecule has 0 spiro atoms. The van der Waals surface area contributed by atoms with E-state index in [2.05, 4.69) is 21.9 Å². The summed E-state index contributed by atoms with van der Waals surface area (Å²) in [7, 11) is 0. The summed E-state index contributed by atoms with van der Waals surface area (Å²) >= 11 is 0. The average Bonchev–Trinajstić information content (AvgIpc) is 2.64. The fraction of sp³-hybridized carbons (Fsp3) is 0.263. The topological polar surface area (TPSA) is 56.6 Å². The van der Waals surface area contributed by atoms with Gasteiger partial charge < -0.3 is 9.64 Å². The van der Waals surface area contributed by atoms with E-state index in [9.17, 15) is 4.79 Å². The molecule has 5 heteroatoms. The molecule has 122 valence electrons. The van der Waals surface area contributed by atoms with Gasteiger partial charge in [0.2, 0.25) is 0 Å². The normalized spacial score (nSPS) is 21.3. The highest BCUT2D eigenvalue weighted by Crippen LogP contribution is 2.35. The second-order valence-electron chi connectivity index (χ2n) is 6.10. The molecule has 1 saturated heterocycles. The van der Waals surface area contributed by atoms with Crippen LogP contribution in [0.5, 0.6) is 5.75 Å². The summed E-state index contributed by atoms with van der Waals surface area (Å²) in [5.41, 5.74) is 2.16. The van der Waals surface area contributed by atoms with Crippen molar-refractivity contribution in [3.8, 4) is 5.75 Å². The summed E-state index contributed by atoms with van der Waals surface area (Å²) in [4.78, 5) is 16.6. The molecule has 0 radical (unpaired) electrons. The first-order valence-corrected chi connectivity index (χ1v) is 8.17. The van der Waals surface area contributed by atoms with Gasteiger partial charge in [0, 0.05) is 37.4 Å². The quantitative estimate of drug-likeness (QED) is 0.682. The van der Waals surface area contributed by atoms with Crippen LogP contribution in [0.25, 0.3) is 0 Å². The zero-order valence-electron chi connectivity index (χ0n) is 13.3. The minimum absolute atomic E-state index is 0.0295. The Bertz CT molecular complexity index is 767. The molecule has 2 aliphatic heterocycles. The van der Waals surface area contributed by atoms with E-state index in [0.29, 0.717) is 5.75 Å². The van der Waals surface area contributed by atoms with Crippen molar-refractivity contribution >= 4 is 17.4 Å². The van der Waals surface area contributed by atoms with Gasteiger partial charge in [-0.15, -0.1) is 0 Å². The number of fused-ring (bicyclic) bond motifs is 1. The molecule has 2 aromatic carbocycles. The van der Waals surface area contributed by atoms with Crippen molar-refractivity contribution in [2.75, 3.05) is 31.1 Å². The maximum atomic E-state index is 12.0. The zero-order valence-corrected chi connectivity index (χ0v) is 13.3. The van der Waals surface area contributed by atoms with E-state index in [4.69, 9.17) is 10.1 Å². The molecule has 2 aromatic rings. The number of esters is 1. The van der Waals surface area contributed by atoms with Crippen LogP contribution in [0.4, 0.5) is 5.69 Å². The van der Waals surface area contributed by atoms with E-state index >= 15 is 0 Å². The van der Waals surface area contributed by atoms with Crippen molar-refractivity contribution in [3.05, 3.63) is 60.2 Å². The second-order valence-corrected chi connectivity index (χ2v) is 6.10. The Morgan fingerprint density at radius 1 is 0.917 bits per heavy atom. The molecule has 1 fully saturated rings. The summed E-state index contributed by atoms with van der Waals surface area (Å²) in [5.74, 6) is 0.0400. The van der Waals surface area contributed by atoms with Gasteiger partial charge in [-0.05, 0) is 18.2 Å². The van der Waals surface area contributed by atoms with Crippen molar-refractivity contribution in [2.24, 2.45) is 0 Å². The lowest BCUT2D eigenvalue weighted by molar-refractivity contribution is -0.128. The molecular weight excluding hydrogens is 302 g/mol. The maximum absolute atomic E-state index is 12.0. The number of nitrogens with one attached hydrogen (secondary N) is 1. The number of nitrogens with zero attached hydrogens (tertiary/aromatic N) is 2. The number of rotatable bonds is 2. The first-order chi connectivity index (χ1) is 11.7. The third-order valence-electron chi connectivity index (χ3n) is 4.71. The van der Waals surface area contributed by atoms with E-state index < -0.39 is 5.97 Å². The Labute approximate surface area is 141 Å². The number of carbonyl (C=O) groups is 1. The van der Waals surface area contributed by atoms with Gasteiger partial charge in [0.15, 0.2) is 0 Å². The fourth-order valence-electron chi connectivity index (χ4n) is 3.48. The zero-order chi connectivity index (χ0) is 16.5. The van der Waals surface area contributed by atoms with Gasteiger partial charge in [0.1, 0.15) is 11.5 Å². The maximum Gasteiger partial charge on any atom is 0.359 e. The van der Waals surface area contributed by atoms with Crippen LogP contribution in [-0.4, -0.2) is 42.8 Å². The van der Waals surface area contributed by atoms with Crippen molar-refractivity contribution in [3.63, 3.8) is 0 Å². The van der Waals surface area contributed by atoms with Crippen molar-refractivity contribution in [1.82, 2.24) is 4.90 Å². The molecule has 0 aliphatic carbocycles. The number of piperazine rings is 1. The predicted octanol–water partition coefficient (Wildman–Crippen LogP) is 2.49. The molecule has 0 bridgehead atoms. The number of anilines is 1. The molecule has 0 amide bonds. The van der Waals surface area contributed by atoms with Crippen molar-refractivity contribution < 1.29 is 9.53 Å². The van der Waals surface area contributed by atoms with E-state index in [1.165, 1.54) is 5.69 Å². The van der Waals surface area contributed by atoms with Crippen molar-refractivity contribution in [2.45, 2.75) is 6.04 Å². The third-order valence-corrected chi connectivity index (χ3v) is 4.71. The molecule has 2 aliphatic rings. The standard InChI is InChI=1S/C19H19N3O2/c20-17-18(15-8-4-5-9-16(15)24-19(17)23)22-12-10-21(11-13-22)14-6-2-1-3-7-14/h1-9,18,20H,10-13H2. The lowest BCUT2D eigenvalue weighted by atomic mass is 9.96. The van der Waals surface area contributed by atoms with E-state index in [-0.39, 0.29) is 11.8 Å². The molecule has 4 rings (SSSR count). The second kappa shape index (κ2) is 6.09. The van der Waals surface area contributed by atoms with E-state index in [1.807, 2.05) is 36.4 Å². The smallest absolute Gasteiger partial charge is 0.359 e. The summed E-state index contributed by atoms with van der Waals surface area (Å²) in [6.07, 6.45) is 0. The molecule has 1 N–H and O–H groups in total. The molecule has 24 heavy (non-hydrogen) atoms. The summed E-state index contributed by atoms with van der Waals surface area (Å²) in [6.45, 7) is 3.38. The van der Waals surface area contributed by atoms with Crippen LogP contribution in [0.2, 0.25) is 0 Å². The highest BCUT2D eigenvalue weighted by molar-refractivity contribution is 6.38. The van der Waals surface area contributed by atoms with Gasteiger partial charge in [-0.25, -0.2) is 4.79 Å². The predicted molar refractivity (Wildman–Crippen MR) is 92.8 cm³/mol. The SMILES string of the molecule is N=C1C(=O)Oc2ccccc2C1N1CCN(c2ccccc2)CC1. The van der Waals surface area contributed by atoms with Crippen LogP contribution >= 0.6 is 0 Å². The van der Waals surface area contributed by atoms with Gasteiger partial charge in [-0.2, -0.15) is 0 Å². The van der Waals surface area contributed by atoms with Crippen LogP contribution in [-0.2, 0) is 4.79 Å². The molecule has 0 saturated carbocycles. The summed E-state index contributed by atoms with van der Waals surface area (Å²) in [6, 6.07) is 17.6. The van der Waals surface area contributed by atoms with Gasteiger partial charge in [-0.1, -0.05) is 36.4 Å². The van der Waals surface area contributed by atoms with Crippen LogP contribution in [0.1, 0.15) is 11.6 Å². The highest BCUT2D eigenvalue weighted by Gasteiger charge is 2.37. The van der Waals surface area contributed by atoms with Crippen LogP contribution in [0, 0.1) is 5.41 Å². The Morgan fingerprint density at radius 2 is 1.58 bits per heavy atom. The molecule has 1 unspecified atom stereocenters. The molecular formula is C19H19N3O2. The number of benzene rings is 2. The van der Waals surface area contributed by atoms with Gasteiger partial charge in [0.25, 0.3) is 0 Å². The first-order valence-electron chi connectivity index (χ1n) is 8.17. The van der Waals surface area contributed by atoms with Crippen LogP contribution in [0.3, 0.4) is 0 Å². The number of ether oxygens (including phenoxy) is 1. The largest absolute Gasteiger partial charge is 0.422 e. The number of hydrogen-bond donors (Lipinski definition) is 1. The molecule has 0 aromatic heterocycles. The Kier molecular flexibility index (Phi) is 3.78. The first kappa shape index (κ1) is 14.9. The van der Waals surface area contributed by atoms with Gasteiger partial charge in [0.05, 0.1) is 6.04 Å². The van der Waals surface area contributed by atoms with Gasteiger partial charge in [-0.3, -0.25) is 10.3 Å². The highest BCUT2D eigenvalue weighted by atomic mass is 16.5. The number of carbonyl (C=O) groups excluding carboxylic acids is 1.